The topological polar surface area (TPSA) is 98.7 Å². The number of carbonyl (C=O) groups excluding carboxylic acids is 2. The Kier molecular flexibility index (Phi) is 8.13. The number of hydrogen-bond donors (Lipinski definition) is 3. The van der Waals surface area contributed by atoms with Gasteiger partial charge in [-0.05, 0) is 41.3 Å². The van der Waals surface area contributed by atoms with Crippen molar-refractivity contribution in [3.8, 4) is 0 Å². The minimum atomic E-state index is -1.20. The first kappa shape index (κ1) is 25.5. The molecule has 3 amide bonds. The van der Waals surface area contributed by atoms with Crippen molar-refractivity contribution in [3.05, 3.63) is 105 Å². The van der Waals surface area contributed by atoms with Crippen LogP contribution in [0.15, 0.2) is 72.8 Å². The van der Waals surface area contributed by atoms with Crippen molar-refractivity contribution in [1.82, 2.24) is 15.5 Å². The van der Waals surface area contributed by atoms with E-state index in [4.69, 9.17) is 28.3 Å². The number of carboxylic acid groups (broad SMARTS) is 1. The molecule has 0 saturated carbocycles. The van der Waals surface area contributed by atoms with Crippen LogP contribution >= 0.6 is 23.2 Å². The molecule has 36 heavy (non-hydrogen) atoms. The monoisotopic (exact) mass is 525 g/mol. The maximum atomic E-state index is 13.7. The van der Waals surface area contributed by atoms with Gasteiger partial charge in [0.1, 0.15) is 0 Å². The summed E-state index contributed by atoms with van der Waals surface area (Å²) in [5, 5.41) is 15.1. The van der Waals surface area contributed by atoms with Crippen LogP contribution in [0.25, 0.3) is 0 Å². The second-order valence-corrected chi connectivity index (χ2v) is 9.28. The minimum Gasteiger partial charge on any atom is -0.465 e. The van der Waals surface area contributed by atoms with Crippen molar-refractivity contribution in [3.63, 3.8) is 0 Å². The Morgan fingerprint density at radius 3 is 2.33 bits per heavy atom. The fraction of sp³-hybridized carbons (Fsp3) is 0.222. The first-order valence-corrected chi connectivity index (χ1v) is 12.3. The summed E-state index contributed by atoms with van der Waals surface area (Å²) < 4.78 is 0. The third-order valence-corrected chi connectivity index (χ3v) is 6.75. The Hall–Kier alpha value is -3.55. The Labute approximate surface area is 219 Å². The van der Waals surface area contributed by atoms with Crippen molar-refractivity contribution in [2.45, 2.75) is 18.4 Å². The van der Waals surface area contributed by atoms with Gasteiger partial charge in [-0.15, -0.1) is 0 Å². The predicted molar refractivity (Wildman–Crippen MR) is 139 cm³/mol. The lowest BCUT2D eigenvalue weighted by atomic mass is 9.79. The van der Waals surface area contributed by atoms with E-state index in [2.05, 4.69) is 10.6 Å². The molecule has 9 heteroatoms. The minimum absolute atomic E-state index is 0.00665. The average Bonchev–Trinajstić information content (AvgIpc) is 2.86. The molecule has 186 valence electrons. The average molecular weight is 526 g/mol. The first-order chi connectivity index (χ1) is 17.4. The van der Waals surface area contributed by atoms with Gasteiger partial charge in [-0.25, -0.2) is 4.79 Å². The fourth-order valence-corrected chi connectivity index (χ4v) is 5.10. The van der Waals surface area contributed by atoms with E-state index in [-0.39, 0.29) is 24.9 Å². The zero-order chi connectivity index (χ0) is 25.7. The number of benzene rings is 3. The quantitative estimate of drug-likeness (QED) is 0.389. The van der Waals surface area contributed by atoms with Gasteiger partial charge in [-0.2, -0.15) is 0 Å². The number of carbonyl (C=O) groups is 3. The highest BCUT2D eigenvalue weighted by Gasteiger charge is 2.44. The zero-order valence-electron chi connectivity index (χ0n) is 19.3. The molecular formula is C27H25Cl2N3O4. The van der Waals surface area contributed by atoms with Gasteiger partial charge in [-0.3, -0.25) is 9.59 Å². The molecule has 0 radical (unpaired) electrons. The van der Waals surface area contributed by atoms with E-state index in [1.807, 2.05) is 30.3 Å². The van der Waals surface area contributed by atoms with Crippen molar-refractivity contribution >= 4 is 41.1 Å². The predicted octanol–water partition coefficient (Wildman–Crippen LogP) is 4.90. The molecular weight excluding hydrogens is 501 g/mol. The van der Waals surface area contributed by atoms with E-state index in [0.717, 1.165) is 5.56 Å². The van der Waals surface area contributed by atoms with Crippen molar-refractivity contribution in [1.29, 1.82) is 0 Å². The Morgan fingerprint density at radius 1 is 0.889 bits per heavy atom. The molecule has 0 spiro atoms. The van der Waals surface area contributed by atoms with E-state index in [1.54, 1.807) is 42.5 Å². The molecule has 0 aliphatic carbocycles. The highest BCUT2D eigenvalue weighted by Crippen LogP contribution is 2.45. The molecule has 0 bridgehead atoms. The number of nitrogens with zero attached hydrogens (tertiary/aromatic N) is 1. The lowest BCUT2D eigenvalue weighted by Crippen LogP contribution is -2.49. The number of halogens is 2. The second kappa shape index (κ2) is 11.5. The summed E-state index contributed by atoms with van der Waals surface area (Å²) in [5.41, 5.74) is 2.65. The van der Waals surface area contributed by atoms with Crippen LogP contribution in [0.5, 0.6) is 0 Å². The third-order valence-electron chi connectivity index (χ3n) is 6.19. The van der Waals surface area contributed by atoms with Gasteiger partial charge in [0.2, 0.25) is 5.91 Å². The van der Waals surface area contributed by atoms with E-state index >= 15 is 0 Å². The number of hydrogen-bond acceptors (Lipinski definition) is 3. The number of nitrogens with one attached hydrogen (secondary N) is 2. The van der Waals surface area contributed by atoms with Crippen LogP contribution in [0.2, 0.25) is 10.0 Å². The molecule has 2 unspecified atom stereocenters. The summed E-state index contributed by atoms with van der Waals surface area (Å²) in [6.07, 6.45) is -0.547. The third kappa shape index (κ3) is 5.64. The Balaban J connectivity index is 1.72. The van der Waals surface area contributed by atoms with Crippen molar-refractivity contribution in [2.75, 3.05) is 19.6 Å². The van der Waals surface area contributed by atoms with E-state index in [0.29, 0.717) is 39.7 Å². The summed E-state index contributed by atoms with van der Waals surface area (Å²) >= 11 is 12.7. The summed E-state index contributed by atoms with van der Waals surface area (Å²) in [6, 6.07) is 21.0. The van der Waals surface area contributed by atoms with Crippen LogP contribution in [-0.2, 0) is 11.2 Å². The summed E-state index contributed by atoms with van der Waals surface area (Å²) in [6.45, 7) is 0.460. The van der Waals surface area contributed by atoms with Gasteiger partial charge < -0.3 is 20.6 Å². The molecule has 0 fully saturated rings. The fourth-order valence-electron chi connectivity index (χ4n) is 4.58. The van der Waals surface area contributed by atoms with Gasteiger partial charge in [0.25, 0.3) is 5.91 Å². The zero-order valence-corrected chi connectivity index (χ0v) is 20.8. The smallest absolute Gasteiger partial charge is 0.404 e. The maximum Gasteiger partial charge on any atom is 0.404 e. The highest BCUT2D eigenvalue weighted by molar-refractivity contribution is 6.35. The van der Waals surface area contributed by atoms with Gasteiger partial charge in [0.15, 0.2) is 0 Å². The number of rotatable bonds is 8. The van der Waals surface area contributed by atoms with Crippen molar-refractivity contribution in [2.24, 2.45) is 0 Å². The summed E-state index contributed by atoms with van der Waals surface area (Å²) in [5.74, 6) is -1.32. The molecule has 1 aliphatic heterocycles. The van der Waals surface area contributed by atoms with Crippen molar-refractivity contribution < 1.29 is 19.5 Å². The Bertz CT molecular complexity index is 1270. The van der Waals surface area contributed by atoms with E-state index < -0.39 is 18.1 Å². The van der Waals surface area contributed by atoms with Crippen LogP contribution in [-0.4, -0.2) is 47.5 Å². The normalized spacial score (nSPS) is 16.8. The van der Waals surface area contributed by atoms with Gasteiger partial charge in [0, 0.05) is 35.2 Å². The molecule has 7 nitrogen and oxygen atoms in total. The summed E-state index contributed by atoms with van der Waals surface area (Å²) in [4.78, 5) is 39.9. The molecule has 3 N–H and O–H groups in total. The van der Waals surface area contributed by atoms with Gasteiger partial charge in [0.05, 0.1) is 12.0 Å². The summed E-state index contributed by atoms with van der Waals surface area (Å²) in [7, 11) is 0. The van der Waals surface area contributed by atoms with Gasteiger partial charge in [-0.1, -0.05) is 77.8 Å². The van der Waals surface area contributed by atoms with Crippen LogP contribution in [0.1, 0.15) is 39.0 Å². The molecule has 2 atom stereocenters. The van der Waals surface area contributed by atoms with E-state index in [1.165, 1.54) is 4.90 Å². The maximum absolute atomic E-state index is 13.7. The second-order valence-electron chi connectivity index (χ2n) is 8.43. The molecule has 1 aliphatic rings. The van der Waals surface area contributed by atoms with Crippen LogP contribution in [0.4, 0.5) is 4.79 Å². The molecule has 0 saturated heterocycles. The van der Waals surface area contributed by atoms with Crippen LogP contribution < -0.4 is 10.6 Å². The molecule has 3 aromatic rings. The number of fused-ring (bicyclic) bond motifs is 1. The number of amides is 3. The van der Waals surface area contributed by atoms with Gasteiger partial charge >= 0.3 is 6.09 Å². The highest BCUT2D eigenvalue weighted by atomic mass is 35.5. The van der Waals surface area contributed by atoms with Crippen LogP contribution in [0.3, 0.4) is 0 Å². The Morgan fingerprint density at radius 2 is 1.61 bits per heavy atom. The molecule has 1 heterocycles. The SMILES string of the molecule is O=C(O)NCCN1C(=O)c2ccccc2C(C(=O)NCCc2ccccc2)C1c1ccc(Cl)cc1Cl. The van der Waals surface area contributed by atoms with E-state index in [9.17, 15) is 14.4 Å². The largest absolute Gasteiger partial charge is 0.465 e. The molecule has 3 aromatic carbocycles. The molecule has 0 aromatic heterocycles. The first-order valence-electron chi connectivity index (χ1n) is 11.5. The lowest BCUT2D eigenvalue weighted by Gasteiger charge is -2.42. The molecule has 4 rings (SSSR count). The van der Waals surface area contributed by atoms with Crippen LogP contribution in [0, 0.1) is 0 Å². The standard InChI is InChI=1S/C27H25Cl2N3O4/c28-18-10-11-21(22(29)16-18)24-23(25(33)30-13-12-17-6-2-1-3-7-17)19-8-4-5-9-20(19)26(34)32(24)15-14-31-27(35)36/h1-11,16,23-24,31H,12-15H2,(H,30,33)(H,35,36). The lowest BCUT2D eigenvalue weighted by molar-refractivity contribution is -0.124.